The Bertz CT molecular complexity index is 469. The lowest BCUT2D eigenvalue weighted by molar-refractivity contribution is -0.147. The van der Waals surface area contributed by atoms with Gasteiger partial charge in [-0.25, -0.2) is 0 Å². The summed E-state index contributed by atoms with van der Waals surface area (Å²) in [6.07, 6.45) is 5.50. The van der Waals surface area contributed by atoms with Crippen LogP contribution < -0.4 is 5.32 Å². The first kappa shape index (κ1) is 15.0. The van der Waals surface area contributed by atoms with Crippen molar-refractivity contribution in [3.8, 4) is 0 Å². The van der Waals surface area contributed by atoms with Gasteiger partial charge in [-0.05, 0) is 52.0 Å². The van der Waals surface area contributed by atoms with Crippen LogP contribution in [0.4, 0.5) is 0 Å². The molecule has 2 unspecified atom stereocenters. The van der Waals surface area contributed by atoms with E-state index in [0.29, 0.717) is 0 Å². The molecule has 1 aliphatic carbocycles. The van der Waals surface area contributed by atoms with Crippen molar-refractivity contribution in [2.75, 3.05) is 0 Å². The number of nitrogens with zero attached hydrogens (tertiary/aromatic N) is 2. The van der Waals surface area contributed by atoms with Crippen molar-refractivity contribution in [2.24, 2.45) is 5.92 Å². The molecule has 0 spiro atoms. The molecule has 20 heavy (non-hydrogen) atoms. The fourth-order valence-electron chi connectivity index (χ4n) is 3.39. The van der Waals surface area contributed by atoms with Gasteiger partial charge in [-0.3, -0.25) is 14.8 Å². The third kappa shape index (κ3) is 3.03. The second kappa shape index (κ2) is 5.95. The van der Waals surface area contributed by atoms with Crippen LogP contribution in [0, 0.1) is 12.8 Å². The van der Waals surface area contributed by atoms with E-state index >= 15 is 0 Å². The zero-order chi connectivity index (χ0) is 14.8. The third-order valence-electron chi connectivity index (χ3n) is 4.23. The van der Waals surface area contributed by atoms with Crippen molar-refractivity contribution in [3.63, 3.8) is 0 Å². The van der Waals surface area contributed by atoms with Crippen LogP contribution in [-0.4, -0.2) is 32.4 Å². The molecular weight excluding hydrogens is 254 g/mol. The minimum atomic E-state index is -0.754. The molecule has 112 valence electrons. The van der Waals surface area contributed by atoms with E-state index in [1.54, 1.807) is 0 Å². The molecule has 1 aromatic heterocycles. The molecule has 0 radical (unpaired) electrons. The highest BCUT2D eigenvalue weighted by Crippen LogP contribution is 2.39. The second-order valence-corrected chi connectivity index (χ2v) is 6.17. The first-order chi connectivity index (χ1) is 9.44. The molecule has 2 N–H and O–H groups in total. The summed E-state index contributed by atoms with van der Waals surface area (Å²) in [6, 6.07) is 2.16. The number of carbonyl (C=O) groups is 1. The van der Waals surface area contributed by atoms with Gasteiger partial charge in [0.2, 0.25) is 0 Å². The second-order valence-electron chi connectivity index (χ2n) is 6.17. The van der Waals surface area contributed by atoms with Gasteiger partial charge in [0.05, 0.1) is 5.69 Å². The maximum Gasteiger partial charge on any atom is 0.324 e. The lowest BCUT2D eigenvalue weighted by atomic mass is 9.84. The summed E-state index contributed by atoms with van der Waals surface area (Å²) < 4.78 is 1.91. The van der Waals surface area contributed by atoms with Gasteiger partial charge >= 0.3 is 5.97 Å². The normalized spacial score (nSPS) is 26.3. The highest BCUT2D eigenvalue weighted by Gasteiger charge is 2.48. The molecule has 2 rings (SSSR count). The van der Waals surface area contributed by atoms with Crippen molar-refractivity contribution in [3.05, 3.63) is 18.0 Å². The fraction of sp³-hybridized carbons (Fsp3) is 0.733. The van der Waals surface area contributed by atoms with E-state index in [0.717, 1.165) is 37.9 Å². The van der Waals surface area contributed by atoms with Gasteiger partial charge in [0.25, 0.3) is 0 Å². The van der Waals surface area contributed by atoms with Gasteiger partial charge in [-0.2, -0.15) is 5.10 Å². The van der Waals surface area contributed by atoms with E-state index in [-0.39, 0.29) is 12.0 Å². The number of carboxylic acids is 1. The topological polar surface area (TPSA) is 67.2 Å². The van der Waals surface area contributed by atoms with Gasteiger partial charge in [0, 0.05) is 18.8 Å². The Morgan fingerprint density at radius 3 is 2.95 bits per heavy atom. The van der Waals surface area contributed by atoms with E-state index in [9.17, 15) is 9.90 Å². The average Bonchev–Trinajstić information content (AvgIpc) is 2.93. The number of nitrogens with one attached hydrogen (secondary N) is 1. The highest BCUT2D eigenvalue weighted by atomic mass is 16.4. The van der Waals surface area contributed by atoms with Crippen LogP contribution in [0.3, 0.4) is 0 Å². The summed E-state index contributed by atoms with van der Waals surface area (Å²) in [5, 5.41) is 17.4. The Morgan fingerprint density at radius 1 is 1.65 bits per heavy atom. The summed E-state index contributed by atoms with van der Waals surface area (Å²) >= 11 is 0. The van der Waals surface area contributed by atoms with Crippen LogP contribution in [-0.2, 0) is 11.3 Å². The Hall–Kier alpha value is -1.36. The van der Waals surface area contributed by atoms with Crippen molar-refractivity contribution in [2.45, 2.75) is 64.6 Å². The van der Waals surface area contributed by atoms with Gasteiger partial charge < -0.3 is 5.11 Å². The van der Waals surface area contributed by atoms with Crippen LogP contribution >= 0.6 is 0 Å². The summed E-state index contributed by atoms with van der Waals surface area (Å²) in [7, 11) is 0. The minimum absolute atomic E-state index is 0.173. The van der Waals surface area contributed by atoms with Crippen molar-refractivity contribution in [1.29, 1.82) is 0 Å². The molecule has 1 saturated carbocycles. The number of hydrogen-bond acceptors (Lipinski definition) is 3. The molecule has 0 aliphatic heterocycles. The predicted molar refractivity (Wildman–Crippen MR) is 77.6 cm³/mol. The molecule has 0 aromatic carbocycles. The average molecular weight is 279 g/mol. The maximum atomic E-state index is 11.8. The number of rotatable bonds is 6. The van der Waals surface area contributed by atoms with Crippen LogP contribution in [0.5, 0.6) is 0 Å². The molecule has 0 bridgehead atoms. The van der Waals surface area contributed by atoms with Gasteiger partial charge in [-0.15, -0.1) is 0 Å². The number of aromatic nitrogens is 2. The standard InChI is InChI=1S/C15H25N3O2/c1-11(2)16-15(14(19)20)8-4-5-13(15)7-10-18-9-6-12(3)17-18/h6,9,11,13,16H,4-5,7-8,10H2,1-3H3,(H,19,20). The molecule has 1 aliphatic rings. The molecule has 1 heterocycles. The number of hydrogen-bond donors (Lipinski definition) is 2. The SMILES string of the molecule is Cc1ccn(CCC2CCCC2(NC(C)C)C(=O)O)n1. The van der Waals surface area contributed by atoms with E-state index in [1.807, 2.05) is 37.7 Å². The lowest BCUT2D eigenvalue weighted by Crippen LogP contribution is -2.57. The molecule has 2 atom stereocenters. The van der Waals surface area contributed by atoms with E-state index in [2.05, 4.69) is 10.4 Å². The highest BCUT2D eigenvalue weighted by molar-refractivity contribution is 5.79. The first-order valence-corrected chi connectivity index (χ1v) is 7.45. The Kier molecular flexibility index (Phi) is 4.48. The molecule has 0 saturated heterocycles. The molecule has 5 heteroatoms. The Labute approximate surface area is 120 Å². The molecule has 5 nitrogen and oxygen atoms in total. The smallest absolute Gasteiger partial charge is 0.324 e. The van der Waals surface area contributed by atoms with Gasteiger partial charge in [-0.1, -0.05) is 6.42 Å². The van der Waals surface area contributed by atoms with Crippen LogP contribution in [0.1, 0.15) is 45.2 Å². The third-order valence-corrected chi connectivity index (χ3v) is 4.23. The summed E-state index contributed by atoms with van der Waals surface area (Å²) in [4.78, 5) is 11.8. The number of aliphatic carboxylic acids is 1. The van der Waals surface area contributed by atoms with Crippen LogP contribution in [0.15, 0.2) is 12.3 Å². The van der Waals surface area contributed by atoms with Crippen molar-refractivity contribution < 1.29 is 9.90 Å². The zero-order valence-electron chi connectivity index (χ0n) is 12.6. The number of aryl methyl sites for hydroxylation is 2. The molecule has 0 amide bonds. The fourth-order valence-corrected chi connectivity index (χ4v) is 3.39. The lowest BCUT2D eigenvalue weighted by Gasteiger charge is -2.34. The maximum absolute atomic E-state index is 11.8. The number of carboxylic acid groups (broad SMARTS) is 1. The van der Waals surface area contributed by atoms with E-state index in [1.165, 1.54) is 0 Å². The molecule has 1 fully saturated rings. The summed E-state index contributed by atoms with van der Waals surface area (Å²) in [6.45, 7) is 6.77. The van der Waals surface area contributed by atoms with E-state index < -0.39 is 11.5 Å². The summed E-state index contributed by atoms with van der Waals surface area (Å²) in [5.74, 6) is -0.530. The molecular formula is C15H25N3O2. The summed E-state index contributed by atoms with van der Waals surface area (Å²) in [5.41, 5.74) is 0.248. The monoisotopic (exact) mass is 279 g/mol. The van der Waals surface area contributed by atoms with Crippen LogP contribution in [0.25, 0.3) is 0 Å². The predicted octanol–water partition coefficient (Wildman–Crippen LogP) is 2.20. The van der Waals surface area contributed by atoms with Gasteiger partial charge in [0.1, 0.15) is 5.54 Å². The first-order valence-electron chi connectivity index (χ1n) is 7.45. The largest absolute Gasteiger partial charge is 0.480 e. The zero-order valence-corrected chi connectivity index (χ0v) is 12.6. The molecule has 1 aromatic rings. The quantitative estimate of drug-likeness (QED) is 0.837. The Morgan fingerprint density at radius 2 is 2.40 bits per heavy atom. The van der Waals surface area contributed by atoms with Crippen molar-refractivity contribution >= 4 is 5.97 Å². The van der Waals surface area contributed by atoms with E-state index in [4.69, 9.17) is 0 Å². The van der Waals surface area contributed by atoms with Crippen molar-refractivity contribution in [1.82, 2.24) is 15.1 Å². The Balaban J connectivity index is 2.06. The van der Waals surface area contributed by atoms with Crippen LogP contribution in [0.2, 0.25) is 0 Å². The minimum Gasteiger partial charge on any atom is -0.480 e. The van der Waals surface area contributed by atoms with Gasteiger partial charge in [0.15, 0.2) is 0 Å².